The molecule has 1 aliphatic rings. The van der Waals surface area contributed by atoms with E-state index >= 15 is 0 Å². The lowest BCUT2D eigenvalue weighted by Gasteiger charge is -2.21. The van der Waals surface area contributed by atoms with Gasteiger partial charge in [-0.1, -0.05) is 0 Å². The van der Waals surface area contributed by atoms with Crippen LogP contribution in [0.5, 0.6) is 0 Å². The van der Waals surface area contributed by atoms with Gasteiger partial charge in [-0.05, 0) is 24.3 Å². The van der Waals surface area contributed by atoms with Gasteiger partial charge in [-0.2, -0.15) is 0 Å². The van der Waals surface area contributed by atoms with Gasteiger partial charge >= 0.3 is 5.97 Å². The van der Waals surface area contributed by atoms with E-state index < -0.39 is 5.97 Å². The largest absolute Gasteiger partial charge is 0.481 e. The Morgan fingerprint density at radius 3 is 3.36 bits per heavy atom. The Balaban J connectivity index is 2.26. The molecule has 3 nitrogen and oxygen atoms in total. The number of nitrogens with zero attached hydrogens (tertiary/aromatic N) is 1. The molecule has 74 valence electrons. The number of hydrogen-bond acceptors (Lipinski definition) is 3. The van der Waals surface area contributed by atoms with Crippen LogP contribution in [0.25, 0.3) is 0 Å². The highest BCUT2D eigenvalue weighted by Gasteiger charge is 2.23. The number of carboxylic acids is 1. The molecule has 1 aromatic rings. The summed E-state index contributed by atoms with van der Waals surface area (Å²) in [6.45, 7) is 0. The Bertz CT molecular complexity index is 354. The van der Waals surface area contributed by atoms with E-state index in [0.29, 0.717) is 0 Å². The van der Waals surface area contributed by atoms with Gasteiger partial charge in [-0.25, -0.2) is 0 Å². The second-order valence-corrected chi connectivity index (χ2v) is 4.46. The van der Waals surface area contributed by atoms with Crippen LogP contribution in [-0.4, -0.2) is 21.8 Å². The SMILES string of the molecule is O=C(O)CC1CCSc2cccnc21. The van der Waals surface area contributed by atoms with Gasteiger partial charge in [0.15, 0.2) is 0 Å². The molecule has 2 heterocycles. The van der Waals surface area contributed by atoms with Crippen molar-refractivity contribution in [3.05, 3.63) is 24.0 Å². The third kappa shape index (κ3) is 1.90. The molecule has 0 aliphatic carbocycles. The molecule has 0 amide bonds. The minimum Gasteiger partial charge on any atom is -0.481 e. The lowest BCUT2D eigenvalue weighted by atomic mass is 9.97. The van der Waals surface area contributed by atoms with Gasteiger partial charge in [0.25, 0.3) is 0 Å². The van der Waals surface area contributed by atoms with Crippen LogP contribution in [0.3, 0.4) is 0 Å². The first kappa shape index (κ1) is 9.52. The number of carboxylic acid groups (broad SMARTS) is 1. The highest BCUT2D eigenvalue weighted by atomic mass is 32.2. The third-order valence-electron chi connectivity index (χ3n) is 2.33. The molecule has 0 radical (unpaired) electrons. The van der Waals surface area contributed by atoms with E-state index in [1.807, 2.05) is 12.1 Å². The molecule has 14 heavy (non-hydrogen) atoms. The van der Waals surface area contributed by atoms with E-state index in [0.717, 1.165) is 22.8 Å². The van der Waals surface area contributed by atoms with Crippen molar-refractivity contribution >= 4 is 17.7 Å². The zero-order valence-electron chi connectivity index (χ0n) is 7.64. The standard InChI is InChI=1S/C10H11NO2S/c12-9(13)6-7-3-5-14-8-2-1-4-11-10(7)8/h1-2,4,7H,3,5-6H2,(H,12,13). The van der Waals surface area contributed by atoms with E-state index in [-0.39, 0.29) is 12.3 Å². The Morgan fingerprint density at radius 2 is 2.57 bits per heavy atom. The summed E-state index contributed by atoms with van der Waals surface area (Å²) in [7, 11) is 0. The topological polar surface area (TPSA) is 50.2 Å². The van der Waals surface area contributed by atoms with Gasteiger partial charge in [0.2, 0.25) is 0 Å². The fraction of sp³-hybridized carbons (Fsp3) is 0.400. The lowest BCUT2D eigenvalue weighted by Crippen LogP contribution is -2.13. The summed E-state index contributed by atoms with van der Waals surface area (Å²) in [6, 6.07) is 3.91. The molecule has 1 N–H and O–H groups in total. The monoisotopic (exact) mass is 209 g/mol. The Kier molecular flexibility index (Phi) is 2.72. The van der Waals surface area contributed by atoms with E-state index in [9.17, 15) is 4.79 Å². The molecule has 4 heteroatoms. The smallest absolute Gasteiger partial charge is 0.304 e. The quantitative estimate of drug-likeness (QED) is 0.810. The van der Waals surface area contributed by atoms with Crippen LogP contribution in [0.4, 0.5) is 0 Å². The van der Waals surface area contributed by atoms with Crippen molar-refractivity contribution < 1.29 is 9.90 Å². The summed E-state index contributed by atoms with van der Waals surface area (Å²) in [5.74, 6) is 0.361. The second-order valence-electron chi connectivity index (χ2n) is 3.32. The molecule has 0 saturated carbocycles. The summed E-state index contributed by atoms with van der Waals surface area (Å²) in [5.41, 5.74) is 0.964. The molecule has 1 unspecified atom stereocenters. The van der Waals surface area contributed by atoms with Crippen molar-refractivity contribution in [1.29, 1.82) is 0 Å². The number of aliphatic carboxylic acids is 1. The average Bonchev–Trinajstić information content (AvgIpc) is 2.18. The van der Waals surface area contributed by atoms with Crippen molar-refractivity contribution in [3.63, 3.8) is 0 Å². The fourth-order valence-electron chi connectivity index (χ4n) is 1.69. The zero-order valence-corrected chi connectivity index (χ0v) is 8.46. The molecule has 1 atom stereocenters. The first-order valence-electron chi connectivity index (χ1n) is 4.57. The number of thioether (sulfide) groups is 1. The summed E-state index contributed by atoms with van der Waals surface area (Å²) >= 11 is 1.76. The molecule has 1 aliphatic heterocycles. The zero-order chi connectivity index (χ0) is 9.97. The van der Waals surface area contributed by atoms with Gasteiger partial charge in [0.1, 0.15) is 0 Å². The maximum atomic E-state index is 10.6. The molecular weight excluding hydrogens is 198 g/mol. The molecule has 0 saturated heterocycles. The average molecular weight is 209 g/mol. The van der Waals surface area contributed by atoms with Gasteiger partial charge in [-0.3, -0.25) is 9.78 Å². The molecule has 0 fully saturated rings. The molecule has 2 rings (SSSR count). The number of fused-ring (bicyclic) bond motifs is 1. The minimum atomic E-state index is -0.737. The third-order valence-corrected chi connectivity index (χ3v) is 3.43. The van der Waals surface area contributed by atoms with E-state index in [1.54, 1.807) is 18.0 Å². The molecule has 0 spiro atoms. The first-order valence-corrected chi connectivity index (χ1v) is 5.55. The van der Waals surface area contributed by atoms with Crippen molar-refractivity contribution in [2.75, 3.05) is 5.75 Å². The number of hydrogen-bond donors (Lipinski definition) is 1. The lowest BCUT2D eigenvalue weighted by molar-refractivity contribution is -0.137. The number of pyridine rings is 1. The van der Waals surface area contributed by atoms with Gasteiger partial charge < -0.3 is 5.11 Å². The Labute approximate surface area is 86.5 Å². The number of carbonyl (C=O) groups is 1. The molecule has 1 aromatic heterocycles. The van der Waals surface area contributed by atoms with Crippen molar-refractivity contribution in [3.8, 4) is 0 Å². The molecule has 0 bridgehead atoms. The van der Waals surface area contributed by atoms with Crippen LogP contribution < -0.4 is 0 Å². The van der Waals surface area contributed by atoms with Crippen LogP contribution in [0.2, 0.25) is 0 Å². The predicted octanol–water partition coefficient (Wildman–Crippen LogP) is 2.14. The maximum absolute atomic E-state index is 10.6. The van der Waals surface area contributed by atoms with Gasteiger partial charge in [0.05, 0.1) is 12.1 Å². The second kappa shape index (κ2) is 4.00. The van der Waals surface area contributed by atoms with Crippen LogP contribution in [0.1, 0.15) is 24.5 Å². The molecular formula is C10H11NO2S. The summed E-state index contributed by atoms with van der Waals surface area (Å²) < 4.78 is 0. The highest BCUT2D eigenvalue weighted by molar-refractivity contribution is 7.99. The molecule has 0 aromatic carbocycles. The summed E-state index contributed by atoms with van der Waals surface area (Å²) in [4.78, 5) is 16.1. The first-order chi connectivity index (χ1) is 6.77. The fourth-order valence-corrected chi connectivity index (χ4v) is 2.85. The van der Waals surface area contributed by atoms with E-state index in [1.165, 1.54) is 0 Å². The Hall–Kier alpha value is -1.03. The highest BCUT2D eigenvalue weighted by Crippen LogP contribution is 2.37. The van der Waals surface area contributed by atoms with Crippen molar-refractivity contribution in [2.24, 2.45) is 0 Å². The van der Waals surface area contributed by atoms with E-state index in [4.69, 9.17) is 5.11 Å². The summed E-state index contributed by atoms with van der Waals surface area (Å²) in [6.07, 6.45) is 2.85. The van der Waals surface area contributed by atoms with Crippen molar-refractivity contribution in [2.45, 2.75) is 23.7 Å². The van der Waals surface area contributed by atoms with Crippen LogP contribution >= 0.6 is 11.8 Å². The number of rotatable bonds is 2. The minimum absolute atomic E-state index is 0.102. The van der Waals surface area contributed by atoms with Crippen LogP contribution in [-0.2, 0) is 4.79 Å². The normalized spacial score (nSPS) is 20.1. The van der Waals surface area contributed by atoms with Gasteiger partial charge in [0, 0.05) is 17.0 Å². The van der Waals surface area contributed by atoms with Crippen LogP contribution in [0, 0.1) is 0 Å². The van der Waals surface area contributed by atoms with E-state index in [2.05, 4.69) is 4.98 Å². The van der Waals surface area contributed by atoms with Crippen molar-refractivity contribution in [1.82, 2.24) is 4.98 Å². The number of aromatic nitrogens is 1. The predicted molar refractivity (Wildman–Crippen MR) is 54.6 cm³/mol. The Morgan fingerprint density at radius 1 is 1.71 bits per heavy atom. The maximum Gasteiger partial charge on any atom is 0.304 e. The summed E-state index contributed by atoms with van der Waals surface area (Å²) in [5, 5.41) is 8.76. The van der Waals surface area contributed by atoms with Crippen LogP contribution in [0.15, 0.2) is 23.2 Å². The van der Waals surface area contributed by atoms with Gasteiger partial charge in [-0.15, -0.1) is 11.8 Å².